The molecule has 1 aliphatic carbocycles. The van der Waals surface area contributed by atoms with Crippen molar-refractivity contribution in [1.82, 2.24) is 40.1 Å². The van der Waals surface area contributed by atoms with E-state index in [0.29, 0.717) is 66.1 Å². The maximum absolute atomic E-state index is 13.5. The highest BCUT2D eigenvalue weighted by molar-refractivity contribution is 6.45. The highest BCUT2D eigenvalue weighted by Crippen LogP contribution is 2.41. The zero-order valence-corrected chi connectivity index (χ0v) is 22.3. The summed E-state index contributed by atoms with van der Waals surface area (Å²) in [7, 11) is 1.49. The Hall–Kier alpha value is -5.13. The van der Waals surface area contributed by atoms with Gasteiger partial charge in [-0.25, -0.2) is 9.67 Å². The number of Topliss-reactive ketones (excluding diaryl/α,β-unsaturated/α-hetero) is 1. The molecular formula is C29H26N8O4. The number of likely N-dealkylation sites (tertiary alicyclic amines) is 1. The Morgan fingerprint density at radius 1 is 1.10 bits per heavy atom. The summed E-state index contributed by atoms with van der Waals surface area (Å²) < 4.78 is 13.1. The van der Waals surface area contributed by atoms with Crippen molar-refractivity contribution in [2.75, 3.05) is 20.2 Å². The molecule has 0 radical (unpaired) electrons. The van der Waals surface area contributed by atoms with Crippen molar-refractivity contribution >= 4 is 28.2 Å². The number of ether oxygens (including phenoxy) is 1. The van der Waals surface area contributed by atoms with Crippen LogP contribution < -0.4 is 4.74 Å². The first-order chi connectivity index (χ1) is 20.1. The second kappa shape index (κ2) is 10.1. The molecule has 1 N–H and O–H groups in total. The van der Waals surface area contributed by atoms with Crippen LogP contribution in [0.25, 0.3) is 22.3 Å². The molecule has 0 bridgehead atoms. The van der Waals surface area contributed by atoms with Crippen molar-refractivity contribution in [3.63, 3.8) is 0 Å². The Labute approximate surface area is 234 Å². The minimum absolute atomic E-state index is 0.218. The molecule has 7 rings (SSSR count). The van der Waals surface area contributed by atoms with Crippen molar-refractivity contribution < 1.29 is 18.7 Å². The summed E-state index contributed by atoms with van der Waals surface area (Å²) in [5, 5.41) is 17.0. The largest absolute Gasteiger partial charge is 0.494 e. The zero-order valence-electron chi connectivity index (χ0n) is 22.3. The van der Waals surface area contributed by atoms with Crippen molar-refractivity contribution in [2.45, 2.75) is 31.6 Å². The van der Waals surface area contributed by atoms with E-state index in [-0.39, 0.29) is 5.56 Å². The van der Waals surface area contributed by atoms with E-state index in [0.717, 1.165) is 29.6 Å². The van der Waals surface area contributed by atoms with Gasteiger partial charge in [-0.15, -0.1) is 15.3 Å². The van der Waals surface area contributed by atoms with Gasteiger partial charge in [0.15, 0.2) is 5.82 Å². The lowest BCUT2D eigenvalue weighted by atomic mass is 9.92. The van der Waals surface area contributed by atoms with Crippen LogP contribution in [0.15, 0.2) is 65.1 Å². The molecule has 1 aliphatic heterocycles. The van der Waals surface area contributed by atoms with Gasteiger partial charge in [-0.2, -0.15) is 0 Å². The van der Waals surface area contributed by atoms with Gasteiger partial charge in [0.05, 0.1) is 42.2 Å². The summed E-state index contributed by atoms with van der Waals surface area (Å²) in [6.45, 7) is 0.788. The fourth-order valence-electron chi connectivity index (χ4n) is 5.34. The highest BCUT2D eigenvalue weighted by Gasteiger charge is 2.33. The number of benzene rings is 1. The molecule has 2 fully saturated rings. The Kier molecular flexibility index (Phi) is 6.14. The quantitative estimate of drug-likeness (QED) is 0.237. The number of ketones is 1. The van der Waals surface area contributed by atoms with Crippen LogP contribution >= 0.6 is 0 Å². The summed E-state index contributed by atoms with van der Waals surface area (Å²) in [6.07, 6.45) is 9.52. The molecule has 1 amide bonds. The first-order valence-corrected chi connectivity index (χ1v) is 13.5. The number of carbonyl (C=O) groups excluding carboxylic acids is 2. The number of amides is 1. The fourth-order valence-corrected chi connectivity index (χ4v) is 5.34. The van der Waals surface area contributed by atoms with Crippen molar-refractivity contribution in [3.05, 3.63) is 83.6 Å². The summed E-state index contributed by atoms with van der Waals surface area (Å²) in [5.41, 5.74) is 3.77. The monoisotopic (exact) mass is 550 g/mol. The third kappa shape index (κ3) is 4.46. The number of aromatic amines is 1. The lowest BCUT2D eigenvalue weighted by Crippen LogP contribution is -2.40. The molecule has 12 nitrogen and oxygen atoms in total. The number of nitrogens with one attached hydrogen (secondary N) is 1. The summed E-state index contributed by atoms with van der Waals surface area (Å²) >= 11 is 0. The van der Waals surface area contributed by atoms with E-state index < -0.39 is 11.7 Å². The van der Waals surface area contributed by atoms with E-state index in [9.17, 15) is 9.59 Å². The minimum atomic E-state index is -0.619. The van der Waals surface area contributed by atoms with E-state index in [2.05, 4.69) is 30.5 Å². The predicted molar refractivity (Wildman–Crippen MR) is 146 cm³/mol. The van der Waals surface area contributed by atoms with Crippen molar-refractivity contribution in [3.8, 4) is 11.6 Å². The van der Waals surface area contributed by atoms with Crippen molar-refractivity contribution in [1.29, 1.82) is 0 Å². The van der Waals surface area contributed by atoms with Gasteiger partial charge in [0.2, 0.25) is 11.8 Å². The molecule has 2 aliphatic rings. The van der Waals surface area contributed by atoms with Gasteiger partial charge in [0.25, 0.3) is 11.7 Å². The highest BCUT2D eigenvalue weighted by atomic mass is 16.5. The third-order valence-electron chi connectivity index (χ3n) is 7.60. The second-order valence-corrected chi connectivity index (χ2v) is 10.1. The molecule has 0 unspecified atom stereocenters. The summed E-state index contributed by atoms with van der Waals surface area (Å²) in [4.78, 5) is 36.1. The van der Waals surface area contributed by atoms with Crippen LogP contribution in [0.1, 0.15) is 59.3 Å². The first kappa shape index (κ1) is 24.9. The fraction of sp³-hybridized carbons (Fsp3) is 0.276. The normalized spacial score (nSPS) is 15.3. The van der Waals surface area contributed by atoms with Gasteiger partial charge in [-0.1, -0.05) is 41.1 Å². The van der Waals surface area contributed by atoms with Gasteiger partial charge in [-0.3, -0.25) is 9.59 Å². The van der Waals surface area contributed by atoms with Crippen LogP contribution in [0.2, 0.25) is 0 Å². The van der Waals surface area contributed by atoms with Gasteiger partial charge in [0, 0.05) is 30.8 Å². The number of aromatic nitrogens is 7. The van der Waals surface area contributed by atoms with Crippen LogP contribution in [0, 0.1) is 0 Å². The number of pyridine rings is 1. The van der Waals surface area contributed by atoms with E-state index in [1.54, 1.807) is 11.1 Å². The average Bonchev–Trinajstić information content (AvgIpc) is 3.38. The molecule has 41 heavy (non-hydrogen) atoms. The first-order valence-electron chi connectivity index (χ1n) is 13.5. The van der Waals surface area contributed by atoms with Crippen LogP contribution in [-0.2, 0) is 4.79 Å². The number of fused-ring (bicyclic) bond motifs is 1. The van der Waals surface area contributed by atoms with Crippen LogP contribution in [0.3, 0.4) is 0 Å². The van der Waals surface area contributed by atoms with E-state index >= 15 is 0 Å². The molecule has 1 saturated carbocycles. The Balaban J connectivity index is 1.16. The van der Waals surface area contributed by atoms with E-state index in [1.165, 1.54) is 30.4 Å². The average molecular weight is 551 g/mol. The number of methoxy groups -OCH3 is 1. The lowest BCUT2D eigenvalue weighted by molar-refractivity contribution is -0.126. The van der Waals surface area contributed by atoms with E-state index in [1.807, 2.05) is 30.3 Å². The van der Waals surface area contributed by atoms with Gasteiger partial charge >= 0.3 is 0 Å². The molecule has 4 aromatic heterocycles. The Bertz CT molecular complexity index is 1770. The Morgan fingerprint density at radius 3 is 2.61 bits per heavy atom. The minimum Gasteiger partial charge on any atom is -0.494 e. The number of hydrogen-bond donors (Lipinski definition) is 1. The summed E-state index contributed by atoms with van der Waals surface area (Å²) in [6, 6.07) is 9.97. The topological polar surface area (TPSA) is 145 Å². The van der Waals surface area contributed by atoms with Gasteiger partial charge in [-0.05, 0) is 31.2 Å². The number of rotatable bonds is 7. The summed E-state index contributed by atoms with van der Waals surface area (Å²) in [5.74, 6) is 1.18. The molecular weight excluding hydrogens is 524 g/mol. The van der Waals surface area contributed by atoms with E-state index in [4.69, 9.17) is 9.15 Å². The maximum Gasteiger partial charge on any atom is 0.295 e. The molecule has 206 valence electrons. The SMILES string of the molecule is COc1cnc(-n2ccnn2)c2[nH]cc(C(=O)C(=O)N3CCC(=C(c4ccccc4)c4nnc(C5CC5)o4)CC3)c12. The third-order valence-corrected chi connectivity index (χ3v) is 7.60. The Morgan fingerprint density at radius 2 is 1.90 bits per heavy atom. The molecule has 12 heteroatoms. The van der Waals surface area contributed by atoms with Crippen LogP contribution in [0.4, 0.5) is 0 Å². The number of carbonyl (C=O) groups is 2. The molecule has 5 heterocycles. The second-order valence-electron chi connectivity index (χ2n) is 10.1. The maximum atomic E-state index is 13.5. The smallest absolute Gasteiger partial charge is 0.295 e. The van der Waals surface area contributed by atoms with Gasteiger partial charge < -0.3 is 19.0 Å². The predicted octanol–water partition coefficient (Wildman–Crippen LogP) is 3.72. The van der Waals surface area contributed by atoms with Crippen LogP contribution in [0.5, 0.6) is 5.75 Å². The standard InChI is InChI=1S/C29H26N8O4/c1-40-21-16-31-26(37-14-11-32-35-37)24-23(21)20(15-30-24)25(38)29(39)36-12-9-18(10-13-36)22(17-5-3-2-4-6-17)28-34-33-27(41-28)19-7-8-19/h2-6,11,14-16,19,30H,7-10,12-13H2,1H3. The number of hydrogen-bond acceptors (Lipinski definition) is 9. The number of nitrogens with zero attached hydrogens (tertiary/aromatic N) is 7. The number of piperidine rings is 1. The van der Waals surface area contributed by atoms with Crippen LogP contribution in [-0.4, -0.2) is 71.9 Å². The van der Waals surface area contributed by atoms with Gasteiger partial charge in [0.1, 0.15) is 5.75 Å². The molecule has 0 spiro atoms. The zero-order chi connectivity index (χ0) is 27.9. The lowest BCUT2D eigenvalue weighted by Gasteiger charge is -2.29. The molecule has 5 aromatic rings. The molecule has 1 aromatic carbocycles. The van der Waals surface area contributed by atoms with Crippen molar-refractivity contribution in [2.24, 2.45) is 0 Å². The molecule has 1 saturated heterocycles. The molecule has 0 atom stereocenters. The number of H-pyrrole nitrogens is 1.